The van der Waals surface area contributed by atoms with Gasteiger partial charge in [-0.3, -0.25) is 9.78 Å². The summed E-state index contributed by atoms with van der Waals surface area (Å²) in [4.78, 5) is 16.9. The number of Topliss-reactive ketones (excluding diaryl/α,β-unsaturated/α-hetero) is 1. The van der Waals surface area contributed by atoms with E-state index in [0.29, 0.717) is 12.1 Å². The quantitative estimate of drug-likeness (QED) is 0.645. The molecule has 3 heteroatoms. The maximum absolute atomic E-state index is 10.8. The van der Waals surface area contributed by atoms with E-state index < -0.39 is 5.78 Å². The molecule has 1 heterocycles. The van der Waals surface area contributed by atoms with Crippen molar-refractivity contribution in [3.8, 4) is 0 Å². The molecule has 1 aromatic heterocycles. The molecule has 0 bridgehead atoms. The van der Waals surface area contributed by atoms with E-state index >= 15 is 0 Å². The highest BCUT2D eigenvalue weighted by Crippen LogP contribution is 2.03. The molecule has 13 heavy (non-hydrogen) atoms. The molecule has 2 radical (unpaired) electrons. The molecule has 0 saturated heterocycles. The molecular weight excluding hydrogens is 164 g/mol. The van der Waals surface area contributed by atoms with Gasteiger partial charge in [-0.2, -0.15) is 0 Å². The Bertz CT molecular complexity index is 308. The van der Waals surface area contributed by atoms with Gasteiger partial charge in [0.05, 0.1) is 5.69 Å². The molecule has 0 spiro atoms. The van der Waals surface area contributed by atoms with E-state index in [0.717, 1.165) is 5.69 Å². The summed E-state index contributed by atoms with van der Waals surface area (Å²) in [6, 6.07) is 3.32. The average molecular weight is 176 g/mol. The molecular formula is C10H12N2O. The lowest BCUT2D eigenvalue weighted by molar-refractivity contribution is 0.104. The van der Waals surface area contributed by atoms with Gasteiger partial charge in [-0.1, -0.05) is 0 Å². The minimum Gasteiger partial charge on any atom is -0.304 e. The Hall–Kier alpha value is -1.22. The minimum atomic E-state index is -0.414. The molecule has 0 fully saturated rings. The van der Waals surface area contributed by atoms with E-state index in [4.69, 9.17) is 6.92 Å². The van der Waals surface area contributed by atoms with Crippen molar-refractivity contribution in [3.63, 3.8) is 0 Å². The van der Waals surface area contributed by atoms with Crippen molar-refractivity contribution in [2.24, 2.45) is 0 Å². The smallest absolute Gasteiger partial charge is 0.167 e. The van der Waals surface area contributed by atoms with Crippen LogP contribution in [0.1, 0.15) is 16.1 Å². The third kappa shape index (κ3) is 2.95. The molecule has 3 nitrogen and oxygen atoms in total. The predicted molar refractivity (Wildman–Crippen MR) is 50.3 cm³/mol. The number of nitrogens with zero attached hydrogens (tertiary/aromatic N) is 2. The first-order valence-electron chi connectivity index (χ1n) is 3.99. The van der Waals surface area contributed by atoms with E-state index in [9.17, 15) is 4.79 Å². The maximum atomic E-state index is 10.8. The van der Waals surface area contributed by atoms with Gasteiger partial charge >= 0.3 is 0 Å². The Morgan fingerprint density at radius 1 is 1.62 bits per heavy atom. The third-order valence-electron chi connectivity index (χ3n) is 1.58. The number of aromatic nitrogens is 1. The van der Waals surface area contributed by atoms with Crippen molar-refractivity contribution < 1.29 is 4.79 Å². The lowest BCUT2D eigenvalue weighted by atomic mass is 10.1. The number of rotatable bonds is 3. The molecule has 1 aromatic rings. The first-order valence-corrected chi connectivity index (χ1v) is 3.99. The van der Waals surface area contributed by atoms with Crippen LogP contribution in [0.4, 0.5) is 0 Å². The van der Waals surface area contributed by atoms with Crippen molar-refractivity contribution in [2.75, 3.05) is 14.1 Å². The number of hydrogen-bond donors (Lipinski definition) is 0. The van der Waals surface area contributed by atoms with Crippen molar-refractivity contribution in [2.45, 2.75) is 6.54 Å². The molecule has 0 aliphatic heterocycles. The highest BCUT2D eigenvalue weighted by molar-refractivity contribution is 5.99. The summed E-state index contributed by atoms with van der Waals surface area (Å²) < 4.78 is 0. The number of ketones is 1. The molecule has 0 saturated carbocycles. The first-order chi connectivity index (χ1) is 6.09. The SMILES string of the molecule is [CH]C(=O)c1ccnc(CN(C)C)c1. The second-order valence-corrected chi connectivity index (χ2v) is 3.14. The van der Waals surface area contributed by atoms with Crippen molar-refractivity contribution in [3.05, 3.63) is 36.5 Å². The monoisotopic (exact) mass is 176 g/mol. The van der Waals surface area contributed by atoms with Crippen LogP contribution in [0.3, 0.4) is 0 Å². The maximum Gasteiger partial charge on any atom is 0.167 e. The fourth-order valence-electron chi connectivity index (χ4n) is 1.04. The molecule has 0 aliphatic rings. The fourth-order valence-corrected chi connectivity index (χ4v) is 1.04. The Labute approximate surface area is 78.4 Å². The van der Waals surface area contributed by atoms with Gasteiger partial charge in [0, 0.05) is 25.2 Å². The molecule has 0 aliphatic carbocycles. The van der Waals surface area contributed by atoms with E-state index in [-0.39, 0.29) is 0 Å². The summed E-state index contributed by atoms with van der Waals surface area (Å²) in [5, 5.41) is 0. The Morgan fingerprint density at radius 2 is 2.31 bits per heavy atom. The molecule has 0 aromatic carbocycles. The van der Waals surface area contributed by atoms with Crippen molar-refractivity contribution >= 4 is 5.78 Å². The van der Waals surface area contributed by atoms with Gasteiger partial charge in [-0.15, -0.1) is 0 Å². The Morgan fingerprint density at radius 3 is 2.85 bits per heavy atom. The van der Waals surface area contributed by atoms with Crippen LogP contribution in [-0.2, 0) is 6.54 Å². The van der Waals surface area contributed by atoms with E-state index in [1.807, 2.05) is 19.0 Å². The van der Waals surface area contributed by atoms with E-state index in [1.54, 1.807) is 18.3 Å². The second-order valence-electron chi connectivity index (χ2n) is 3.14. The first kappa shape index (κ1) is 9.86. The lowest BCUT2D eigenvalue weighted by Crippen LogP contribution is -2.12. The molecule has 0 amide bonds. The molecule has 1 rings (SSSR count). The van der Waals surface area contributed by atoms with Crippen molar-refractivity contribution in [1.82, 2.24) is 9.88 Å². The summed E-state index contributed by atoms with van der Waals surface area (Å²) in [6.45, 7) is 5.84. The Balaban J connectivity index is 2.85. The van der Waals surface area contributed by atoms with Crippen LogP contribution in [0.2, 0.25) is 0 Å². The standard InChI is InChI=1S/C10H12N2O/c1-8(13)9-4-5-11-10(6-9)7-12(2)3/h1,4-6H,7H2,2-3H3. The number of hydrogen-bond acceptors (Lipinski definition) is 3. The molecule has 0 atom stereocenters. The topological polar surface area (TPSA) is 33.2 Å². The zero-order valence-electron chi connectivity index (χ0n) is 7.82. The molecule has 0 N–H and O–H groups in total. The summed E-state index contributed by atoms with van der Waals surface area (Å²) in [5.74, 6) is -0.414. The van der Waals surface area contributed by atoms with Crippen LogP contribution < -0.4 is 0 Å². The predicted octanol–water partition coefficient (Wildman–Crippen LogP) is 1.04. The fraction of sp³-hybridized carbons (Fsp3) is 0.300. The Kier molecular flexibility index (Phi) is 3.14. The summed E-state index contributed by atoms with van der Waals surface area (Å²) in [7, 11) is 3.89. The van der Waals surface area contributed by atoms with E-state index in [1.165, 1.54) is 0 Å². The number of pyridine rings is 1. The highest BCUT2D eigenvalue weighted by Gasteiger charge is 2.02. The zero-order chi connectivity index (χ0) is 9.84. The largest absolute Gasteiger partial charge is 0.304 e. The van der Waals surface area contributed by atoms with Crippen LogP contribution in [-0.4, -0.2) is 29.8 Å². The van der Waals surface area contributed by atoms with Gasteiger partial charge in [-0.25, -0.2) is 0 Å². The molecule has 68 valence electrons. The molecule has 0 unspecified atom stereocenters. The average Bonchev–Trinajstić information content (AvgIpc) is 2.03. The highest BCUT2D eigenvalue weighted by atomic mass is 16.1. The van der Waals surface area contributed by atoms with Crippen LogP contribution in [0, 0.1) is 6.92 Å². The summed E-state index contributed by atoms with van der Waals surface area (Å²) >= 11 is 0. The zero-order valence-corrected chi connectivity index (χ0v) is 7.82. The second kappa shape index (κ2) is 4.14. The number of carbonyl (C=O) groups excluding carboxylic acids is 1. The lowest BCUT2D eigenvalue weighted by Gasteiger charge is -2.08. The van der Waals surface area contributed by atoms with Gasteiger partial charge in [0.1, 0.15) is 0 Å². The van der Waals surface area contributed by atoms with Crippen molar-refractivity contribution in [1.29, 1.82) is 0 Å². The van der Waals surface area contributed by atoms with Gasteiger partial charge in [-0.05, 0) is 26.2 Å². The van der Waals surface area contributed by atoms with Gasteiger partial charge < -0.3 is 4.90 Å². The van der Waals surface area contributed by atoms with Crippen LogP contribution >= 0.6 is 0 Å². The van der Waals surface area contributed by atoms with Crippen LogP contribution in [0.25, 0.3) is 0 Å². The van der Waals surface area contributed by atoms with Gasteiger partial charge in [0.15, 0.2) is 5.78 Å². The van der Waals surface area contributed by atoms with Gasteiger partial charge in [0.25, 0.3) is 0 Å². The van der Waals surface area contributed by atoms with Crippen LogP contribution in [0.5, 0.6) is 0 Å². The third-order valence-corrected chi connectivity index (χ3v) is 1.58. The minimum absolute atomic E-state index is 0.414. The summed E-state index contributed by atoms with van der Waals surface area (Å²) in [6.07, 6.45) is 1.60. The summed E-state index contributed by atoms with van der Waals surface area (Å²) in [5.41, 5.74) is 1.35. The van der Waals surface area contributed by atoms with Crippen LogP contribution in [0.15, 0.2) is 18.3 Å². The normalized spacial score (nSPS) is 10.5. The van der Waals surface area contributed by atoms with Gasteiger partial charge in [0.2, 0.25) is 0 Å². The van der Waals surface area contributed by atoms with E-state index in [2.05, 4.69) is 4.98 Å². The number of carbonyl (C=O) groups is 1.